The second kappa shape index (κ2) is 13.3. The number of rotatable bonds is 12. The van der Waals surface area contributed by atoms with Crippen LogP contribution in [0, 0.1) is 0 Å². The molecule has 0 aliphatic carbocycles. The Kier molecular flexibility index (Phi) is 9.87. The highest BCUT2D eigenvalue weighted by Gasteiger charge is 2.19. The van der Waals surface area contributed by atoms with E-state index in [0.29, 0.717) is 30.0 Å². The molecule has 0 saturated carbocycles. The van der Waals surface area contributed by atoms with Crippen molar-refractivity contribution in [3.05, 3.63) is 84.4 Å². The van der Waals surface area contributed by atoms with Crippen molar-refractivity contribution < 1.29 is 14.3 Å². The molecule has 35 heavy (non-hydrogen) atoms. The molecular weight excluding hydrogens is 438 g/mol. The van der Waals surface area contributed by atoms with Crippen LogP contribution in [0.2, 0.25) is 0 Å². The molecule has 0 radical (unpaired) electrons. The van der Waals surface area contributed by atoms with E-state index < -0.39 is 6.10 Å². The van der Waals surface area contributed by atoms with Gasteiger partial charge in [0, 0.05) is 24.3 Å². The lowest BCUT2D eigenvalue weighted by molar-refractivity contribution is -0.122. The third-order valence-electron chi connectivity index (χ3n) is 5.93. The average Bonchev–Trinajstić information content (AvgIpc) is 2.91. The topological polar surface area (TPSA) is 70.7 Å². The van der Waals surface area contributed by atoms with Gasteiger partial charge < -0.3 is 20.3 Å². The summed E-state index contributed by atoms with van der Waals surface area (Å²) in [6.07, 6.45) is -0.0973. The molecule has 2 N–H and O–H groups in total. The summed E-state index contributed by atoms with van der Waals surface area (Å²) < 4.78 is 5.95. The zero-order valence-corrected chi connectivity index (χ0v) is 20.8. The third kappa shape index (κ3) is 7.69. The van der Waals surface area contributed by atoms with Crippen LogP contribution >= 0.6 is 0 Å². The van der Waals surface area contributed by atoms with Gasteiger partial charge in [0.25, 0.3) is 11.8 Å². The number of hydrogen-bond acceptors (Lipinski definition) is 4. The van der Waals surface area contributed by atoms with Gasteiger partial charge in [-0.2, -0.15) is 0 Å². The number of anilines is 1. The number of nitrogens with one attached hydrogen (secondary N) is 2. The van der Waals surface area contributed by atoms with Gasteiger partial charge in [-0.05, 0) is 67.0 Å². The fourth-order valence-corrected chi connectivity index (χ4v) is 3.74. The minimum absolute atomic E-state index is 0.122. The van der Waals surface area contributed by atoms with Gasteiger partial charge in [-0.25, -0.2) is 0 Å². The number of carbonyl (C=O) groups excluding carboxylic acids is 2. The van der Waals surface area contributed by atoms with Gasteiger partial charge >= 0.3 is 0 Å². The van der Waals surface area contributed by atoms with Gasteiger partial charge in [0.05, 0.1) is 0 Å². The molecule has 3 aromatic rings. The fourth-order valence-electron chi connectivity index (χ4n) is 3.74. The highest BCUT2D eigenvalue weighted by molar-refractivity contribution is 5.97. The molecule has 1 atom stereocenters. The van der Waals surface area contributed by atoms with Gasteiger partial charge in [-0.1, -0.05) is 63.2 Å². The first kappa shape index (κ1) is 26.0. The average molecular weight is 474 g/mol. The molecule has 0 spiro atoms. The Morgan fingerprint density at radius 3 is 2.06 bits per heavy atom. The molecule has 2 amide bonds. The van der Waals surface area contributed by atoms with E-state index in [9.17, 15) is 9.59 Å². The molecule has 0 fully saturated rings. The Morgan fingerprint density at radius 1 is 0.829 bits per heavy atom. The van der Waals surface area contributed by atoms with Gasteiger partial charge in [0.15, 0.2) is 6.10 Å². The maximum absolute atomic E-state index is 12.8. The molecule has 6 nitrogen and oxygen atoms in total. The molecule has 0 heterocycles. The maximum Gasteiger partial charge on any atom is 0.265 e. The fraction of sp³-hybridized carbons (Fsp3) is 0.310. The summed E-state index contributed by atoms with van der Waals surface area (Å²) in [6, 6.07) is 24.7. The quantitative estimate of drug-likeness (QED) is 0.378. The Balaban J connectivity index is 1.52. The number of nitrogens with zero attached hydrogens (tertiary/aromatic N) is 1. The third-order valence-corrected chi connectivity index (χ3v) is 5.93. The predicted octanol–water partition coefficient (Wildman–Crippen LogP) is 5.22. The van der Waals surface area contributed by atoms with E-state index in [1.54, 1.807) is 24.3 Å². The Morgan fingerprint density at radius 2 is 1.46 bits per heavy atom. The normalized spacial score (nSPS) is 11.7. The molecule has 6 heteroatoms. The Hall–Kier alpha value is -3.64. The van der Waals surface area contributed by atoms with Crippen LogP contribution in [0.5, 0.6) is 5.75 Å². The molecule has 3 aromatic carbocycles. The van der Waals surface area contributed by atoms with E-state index in [0.717, 1.165) is 30.8 Å². The van der Waals surface area contributed by atoms with Crippen LogP contribution in [-0.2, 0) is 4.79 Å². The van der Waals surface area contributed by atoms with E-state index in [-0.39, 0.29) is 11.8 Å². The SMILES string of the molecule is CCC(Oc1ccc(-c2ccccc2)cc1)C(=O)Nc1ccc(C(=O)NCCN(CC)CC)cc1. The summed E-state index contributed by atoms with van der Waals surface area (Å²) in [4.78, 5) is 27.4. The molecule has 0 aliphatic rings. The van der Waals surface area contributed by atoms with Gasteiger partial charge in [0.2, 0.25) is 0 Å². The molecule has 0 aromatic heterocycles. The Bertz CT molecular complexity index is 1060. The van der Waals surface area contributed by atoms with Crippen molar-refractivity contribution in [3.8, 4) is 16.9 Å². The highest BCUT2D eigenvalue weighted by Crippen LogP contribution is 2.23. The van der Waals surface area contributed by atoms with Crippen molar-refractivity contribution in [2.24, 2.45) is 0 Å². The number of carbonyl (C=O) groups is 2. The molecule has 1 unspecified atom stereocenters. The lowest BCUT2D eigenvalue weighted by atomic mass is 10.1. The van der Waals surface area contributed by atoms with Crippen LogP contribution in [0.4, 0.5) is 5.69 Å². The van der Waals surface area contributed by atoms with Crippen molar-refractivity contribution in [2.45, 2.75) is 33.3 Å². The minimum Gasteiger partial charge on any atom is -0.481 e. The zero-order valence-electron chi connectivity index (χ0n) is 20.8. The molecule has 184 valence electrons. The van der Waals surface area contributed by atoms with Crippen molar-refractivity contribution in [1.82, 2.24) is 10.2 Å². The van der Waals surface area contributed by atoms with Crippen LogP contribution in [0.25, 0.3) is 11.1 Å². The largest absolute Gasteiger partial charge is 0.481 e. The van der Waals surface area contributed by atoms with E-state index in [4.69, 9.17) is 4.74 Å². The summed E-state index contributed by atoms with van der Waals surface area (Å²) in [5.41, 5.74) is 3.40. The van der Waals surface area contributed by atoms with Crippen LogP contribution in [0.3, 0.4) is 0 Å². The summed E-state index contributed by atoms with van der Waals surface area (Å²) in [6.45, 7) is 9.46. The second-order valence-corrected chi connectivity index (χ2v) is 8.25. The molecule has 0 saturated heterocycles. The van der Waals surface area contributed by atoms with Gasteiger partial charge in [0.1, 0.15) is 5.75 Å². The van der Waals surface area contributed by atoms with Crippen LogP contribution in [0.15, 0.2) is 78.9 Å². The summed E-state index contributed by atoms with van der Waals surface area (Å²) in [7, 11) is 0. The molecule has 0 aliphatic heterocycles. The summed E-state index contributed by atoms with van der Waals surface area (Å²) >= 11 is 0. The monoisotopic (exact) mass is 473 g/mol. The lowest BCUT2D eigenvalue weighted by Crippen LogP contribution is -2.34. The van der Waals surface area contributed by atoms with E-state index in [2.05, 4.69) is 41.5 Å². The highest BCUT2D eigenvalue weighted by atomic mass is 16.5. The summed E-state index contributed by atoms with van der Waals surface area (Å²) in [5.74, 6) is 0.295. The number of likely N-dealkylation sites (N-methyl/N-ethyl adjacent to an activating group) is 1. The number of amides is 2. The molecule has 3 rings (SSSR count). The minimum atomic E-state index is -0.624. The maximum atomic E-state index is 12.8. The first-order valence-electron chi connectivity index (χ1n) is 12.3. The van der Waals surface area contributed by atoms with Gasteiger partial charge in [-0.3, -0.25) is 9.59 Å². The van der Waals surface area contributed by atoms with E-state index in [1.807, 2.05) is 49.4 Å². The zero-order chi connectivity index (χ0) is 25.0. The van der Waals surface area contributed by atoms with Crippen molar-refractivity contribution in [2.75, 3.05) is 31.5 Å². The lowest BCUT2D eigenvalue weighted by Gasteiger charge is -2.18. The van der Waals surface area contributed by atoms with Gasteiger partial charge in [-0.15, -0.1) is 0 Å². The predicted molar refractivity (Wildman–Crippen MR) is 142 cm³/mol. The number of hydrogen-bond donors (Lipinski definition) is 2. The van der Waals surface area contributed by atoms with E-state index in [1.165, 1.54) is 0 Å². The molecule has 0 bridgehead atoms. The van der Waals surface area contributed by atoms with Crippen LogP contribution < -0.4 is 15.4 Å². The van der Waals surface area contributed by atoms with Crippen molar-refractivity contribution in [3.63, 3.8) is 0 Å². The van der Waals surface area contributed by atoms with Crippen molar-refractivity contribution in [1.29, 1.82) is 0 Å². The van der Waals surface area contributed by atoms with E-state index >= 15 is 0 Å². The first-order valence-corrected chi connectivity index (χ1v) is 12.3. The standard InChI is InChI=1S/C29H35N3O3/c1-4-27(35-26-18-14-23(15-19-26)22-10-8-7-9-11-22)29(34)31-25-16-12-24(13-17-25)28(33)30-20-21-32(5-2)6-3/h7-19,27H,4-6,20-21H2,1-3H3,(H,30,33)(H,31,34). The Labute approximate surface area is 208 Å². The first-order chi connectivity index (χ1) is 17.0. The second-order valence-electron chi connectivity index (χ2n) is 8.25. The number of ether oxygens (including phenoxy) is 1. The van der Waals surface area contributed by atoms with Crippen LogP contribution in [-0.4, -0.2) is 49.0 Å². The van der Waals surface area contributed by atoms with Crippen LogP contribution in [0.1, 0.15) is 37.6 Å². The number of benzene rings is 3. The molecular formula is C29H35N3O3. The van der Waals surface area contributed by atoms with Crippen molar-refractivity contribution >= 4 is 17.5 Å². The smallest absolute Gasteiger partial charge is 0.265 e. The summed E-state index contributed by atoms with van der Waals surface area (Å²) in [5, 5.41) is 5.83.